The van der Waals surface area contributed by atoms with Crippen LogP contribution in [-0.4, -0.2) is 28.9 Å². The number of amides is 1. The molecule has 1 aromatic heterocycles. The third kappa shape index (κ3) is 3.17. The van der Waals surface area contributed by atoms with Gasteiger partial charge in [0, 0.05) is 28.0 Å². The molecule has 1 atom stereocenters. The fourth-order valence-corrected chi connectivity index (χ4v) is 3.53. The quantitative estimate of drug-likeness (QED) is 0.673. The molecule has 0 saturated heterocycles. The molecular weight excluding hydrogens is 348 g/mol. The second kappa shape index (κ2) is 6.69. The van der Waals surface area contributed by atoms with Crippen molar-refractivity contribution in [2.24, 2.45) is 0 Å². The molecule has 1 aliphatic carbocycles. The number of nitrogens with one attached hydrogen (secondary N) is 1. The number of H-pyrrole nitrogens is 1. The van der Waals surface area contributed by atoms with Gasteiger partial charge in [-0.25, -0.2) is 0 Å². The fourth-order valence-electron chi connectivity index (χ4n) is 3.40. The van der Waals surface area contributed by atoms with Crippen molar-refractivity contribution in [1.29, 1.82) is 0 Å². The molecule has 2 aromatic carbocycles. The highest BCUT2D eigenvalue weighted by molar-refractivity contribution is 6.30. The molecule has 1 aliphatic rings. The summed E-state index contributed by atoms with van der Waals surface area (Å²) >= 11 is 6.00. The lowest BCUT2D eigenvalue weighted by Crippen LogP contribution is -2.35. The predicted octanol–water partition coefficient (Wildman–Crippen LogP) is 5.20. The zero-order valence-corrected chi connectivity index (χ0v) is 15.6. The molecular formula is C21H21ClN2O2. The Labute approximate surface area is 157 Å². The van der Waals surface area contributed by atoms with Gasteiger partial charge in [0.05, 0.1) is 13.2 Å². The number of carbonyl (C=O) groups excluding carboxylic acids is 1. The summed E-state index contributed by atoms with van der Waals surface area (Å²) in [5.74, 6) is 0.803. The largest absolute Gasteiger partial charge is 0.497 e. The molecule has 4 rings (SSSR count). The van der Waals surface area contributed by atoms with E-state index in [4.69, 9.17) is 16.3 Å². The molecule has 0 aliphatic heterocycles. The summed E-state index contributed by atoms with van der Waals surface area (Å²) in [6.45, 7) is 2.07. The van der Waals surface area contributed by atoms with Crippen molar-refractivity contribution >= 4 is 28.4 Å². The van der Waals surface area contributed by atoms with Crippen molar-refractivity contribution in [3.05, 3.63) is 64.8 Å². The lowest BCUT2D eigenvalue weighted by Gasteiger charge is -2.29. The predicted molar refractivity (Wildman–Crippen MR) is 104 cm³/mol. The Morgan fingerprint density at radius 2 is 1.92 bits per heavy atom. The number of rotatable bonds is 5. The summed E-state index contributed by atoms with van der Waals surface area (Å²) in [6.07, 6.45) is 2.11. The van der Waals surface area contributed by atoms with Gasteiger partial charge in [-0.05, 0) is 55.7 Å². The number of halogens is 1. The summed E-state index contributed by atoms with van der Waals surface area (Å²) in [4.78, 5) is 18.5. The highest BCUT2D eigenvalue weighted by Gasteiger charge is 2.37. The van der Waals surface area contributed by atoms with E-state index in [1.807, 2.05) is 53.4 Å². The standard InChI is InChI=1S/C21H21ClN2O2/c1-13(14-3-6-16(22)7-4-14)24(17-8-9-17)21(25)20-11-15-5-10-18(26-2)12-19(15)23-20/h3-7,10-13,17,23H,8-9H2,1-2H3. The Balaban J connectivity index is 1.66. The first-order valence-electron chi connectivity index (χ1n) is 8.81. The van der Waals surface area contributed by atoms with Gasteiger partial charge in [-0.15, -0.1) is 0 Å². The number of nitrogens with zero attached hydrogens (tertiary/aromatic N) is 1. The van der Waals surface area contributed by atoms with Crippen LogP contribution in [0, 0.1) is 0 Å². The number of aromatic amines is 1. The lowest BCUT2D eigenvalue weighted by atomic mass is 10.1. The first-order valence-corrected chi connectivity index (χ1v) is 9.19. The molecule has 26 heavy (non-hydrogen) atoms. The van der Waals surface area contributed by atoms with Crippen LogP contribution in [0.25, 0.3) is 10.9 Å². The molecule has 1 unspecified atom stereocenters. The van der Waals surface area contributed by atoms with E-state index < -0.39 is 0 Å². The molecule has 134 valence electrons. The van der Waals surface area contributed by atoms with Crippen molar-refractivity contribution in [1.82, 2.24) is 9.88 Å². The second-order valence-corrected chi connectivity index (χ2v) is 7.24. The number of methoxy groups -OCH3 is 1. The Bertz CT molecular complexity index is 944. The van der Waals surface area contributed by atoms with Gasteiger partial charge in [-0.2, -0.15) is 0 Å². The van der Waals surface area contributed by atoms with E-state index in [9.17, 15) is 4.79 Å². The van der Waals surface area contributed by atoms with Crippen molar-refractivity contribution in [3.63, 3.8) is 0 Å². The first-order chi connectivity index (χ1) is 12.6. The number of fused-ring (bicyclic) bond motifs is 1. The molecule has 3 aromatic rings. The number of carbonyl (C=O) groups is 1. The smallest absolute Gasteiger partial charge is 0.271 e. The van der Waals surface area contributed by atoms with Crippen LogP contribution in [-0.2, 0) is 0 Å². The average Bonchev–Trinajstić information content (AvgIpc) is 3.39. The number of ether oxygens (including phenoxy) is 1. The minimum atomic E-state index is -0.00628. The monoisotopic (exact) mass is 368 g/mol. The van der Waals surface area contributed by atoms with Crippen LogP contribution in [0.1, 0.15) is 41.9 Å². The normalized spacial score (nSPS) is 15.0. The molecule has 0 spiro atoms. The van der Waals surface area contributed by atoms with E-state index in [0.717, 1.165) is 35.1 Å². The molecule has 5 heteroatoms. The van der Waals surface area contributed by atoms with Crippen LogP contribution >= 0.6 is 11.6 Å². The summed E-state index contributed by atoms with van der Waals surface area (Å²) in [7, 11) is 1.64. The van der Waals surface area contributed by atoms with Gasteiger partial charge in [-0.1, -0.05) is 23.7 Å². The summed E-state index contributed by atoms with van der Waals surface area (Å²) in [5, 5.41) is 1.71. The molecule has 0 radical (unpaired) electrons. The summed E-state index contributed by atoms with van der Waals surface area (Å²) in [5.41, 5.74) is 2.61. The van der Waals surface area contributed by atoms with Gasteiger partial charge in [-0.3, -0.25) is 4.79 Å². The highest BCUT2D eigenvalue weighted by atomic mass is 35.5. The van der Waals surface area contributed by atoms with Gasteiger partial charge in [0.15, 0.2) is 0 Å². The van der Waals surface area contributed by atoms with E-state index in [0.29, 0.717) is 16.8 Å². The van der Waals surface area contributed by atoms with Crippen LogP contribution < -0.4 is 4.74 Å². The van der Waals surface area contributed by atoms with Crippen LogP contribution in [0.4, 0.5) is 0 Å². The Hall–Kier alpha value is -2.46. The van der Waals surface area contributed by atoms with E-state index in [1.165, 1.54) is 0 Å². The number of aromatic nitrogens is 1. The summed E-state index contributed by atoms with van der Waals surface area (Å²) in [6, 6.07) is 15.7. The van der Waals surface area contributed by atoms with Gasteiger partial charge >= 0.3 is 0 Å². The Morgan fingerprint density at radius 1 is 1.19 bits per heavy atom. The van der Waals surface area contributed by atoms with Crippen molar-refractivity contribution in [3.8, 4) is 5.75 Å². The zero-order valence-electron chi connectivity index (χ0n) is 14.8. The van der Waals surface area contributed by atoms with Gasteiger partial charge in [0.25, 0.3) is 5.91 Å². The van der Waals surface area contributed by atoms with Gasteiger partial charge < -0.3 is 14.6 Å². The molecule has 1 fully saturated rings. The topological polar surface area (TPSA) is 45.3 Å². The van der Waals surface area contributed by atoms with Crippen LogP contribution in [0.2, 0.25) is 5.02 Å². The molecule has 1 N–H and O–H groups in total. The number of benzene rings is 2. The zero-order chi connectivity index (χ0) is 18.3. The van der Waals surface area contributed by atoms with Gasteiger partial charge in [0.2, 0.25) is 0 Å². The summed E-state index contributed by atoms with van der Waals surface area (Å²) < 4.78 is 5.27. The molecule has 1 heterocycles. The van der Waals surface area contributed by atoms with E-state index >= 15 is 0 Å². The molecule has 1 saturated carbocycles. The number of hydrogen-bond acceptors (Lipinski definition) is 2. The highest BCUT2D eigenvalue weighted by Crippen LogP contribution is 2.36. The first kappa shape index (κ1) is 17.0. The average molecular weight is 369 g/mol. The maximum atomic E-state index is 13.3. The molecule has 4 nitrogen and oxygen atoms in total. The third-order valence-corrected chi connectivity index (χ3v) is 5.26. The van der Waals surface area contributed by atoms with Crippen LogP contribution in [0.15, 0.2) is 48.5 Å². The van der Waals surface area contributed by atoms with Crippen molar-refractivity contribution in [2.75, 3.05) is 7.11 Å². The van der Waals surface area contributed by atoms with Crippen LogP contribution in [0.3, 0.4) is 0 Å². The van der Waals surface area contributed by atoms with Crippen LogP contribution in [0.5, 0.6) is 5.75 Å². The number of hydrogen-bond donors (Lipinski definition) is 1. The fraction of sp³-hybridized carbons (Fsp3) is 0.286. The van der Waals surface area contributed by atoms with E-state index in [1.54, 1.807) is 7.11 Å². The minimum Gasteiger partial charge on any atom is -0.497 e. The Morgan fingerprint density at radius 3 is 2.58 bits per heavy atom. The van der Waals surface area contributed by atoms with Crippen molar-refractivity contribution in [2.45, 2.75) is 31.8 Å². The van der Waals surface area contributed by atoms with Crippen molar-refractivity contribution < 1.29 is 9.53 Å². The maximum absolute atomic E-state index is 13.3. The van der Waals surface area contributed by atoms with E-state index in [-0.39, 0.29) is 11.9 Å². The SMILES string of the molecule is COc1ccc2cc(C(=O)N(C3CC3)C(C)c3ccc(Cl)cc3)[nH]c2c1. The lowest BCUT2D eigenvalue weighted by molar-refractivity contribution is 0.0669. The maximum Gasteiger partial charge on any atom is 0.271 e. The Kier molecular flexibility index (Phi) is 4.37. The molecule has 1 amide bonds. The second-order valence-electron chi connectivity index (χ2n) is 6.81. The van der Waals surface area contributed by atoms with Gasteiger partial charge in [0.1, 0.15) is 11.4 Å². The molecule has 0 bridgehead atoms. The van der Waals surface area contributed by atoms with E-state index in [2.05, 4.69) is 11.9 Å². The minimum absolute atomic E-state index is 0.00628. The third-order valence-electron chi connectivity index (χ3n) is 5.00.